The molecule has 2 aliphatic rings. The summed E-state index contributed by atoms with van der Waals surface area (Å²) in [6.45, 7) is 0. The van der Waals surface area contributed by atoms with Gasteiger partial charge in [-0.3, -0.25) is 4.79 Å². The summed E-state index contributed by atoms with van der Waals surface area (Å²) in [6, 6.07) is 7.83. The van der Waals surface area contributed by atoms with Crippen molar-refractivity contribution in [2.45, 2.75) is 51.0 Å². The van der Waals surface area contributed by atoms with Crippen molar-refractivity contribution >= 4 is 22.7 Å². The zero-order chi connectivity index (χ0) is 19.0. The van der Waals surface area contributed by atoms with E-state index in [0.717, 1.165) is 29.3 Å². The third kappa shape index (κ3) is 3.38. The number of esters is 1. The van der Waals surface area contributed by atoms with E-state index in [1.54, 1.807) is 0 Å². The maximum Gasteiger partial charge on any atom is 0.346 e. The summed E-state index contributed by atoms with van der Waals surface area (Å²) >= 11 is 0. The Morgan fingerprint density at radius 2 is 1.96 bits per heavy atom. The van der Waals surface area contributed by atoms with Gasteiger partial charge in [-0.2, -0.15) is 0 Å². The van der Waals surface area contributed by atoms with Crippen LogP contribution in [0.3, 0.4) is 0 Å². The Labute approximate surface area is 158 Å². The van der Waals surface area contributed by atoms with Gasteiger partial charge in [-0.25, -0.2) is 4.79 Å². The number of aliphatic hydroxyl groups excluding tert-OH is 1. The van der Waals surface area contributed by atoms with Gasteiger partial charge in [-0.15, -0.1) is 0 Å². The molecule has 1 N–H and O–H groups in total. The highest BCUT2D eigenvalue weighted by Gasteiger charge is 2.39. The predicted octanol–water partition coefficient (Wildman–Crippen LogP) is 4.00. The smallest absolute Gasteiger partial charge is 0.346 e. The van der Waals surface area contributed by atoms with Gasteiger partial charge in [0.15, 0.2) is 17.6 Å². The number of benzene rings is 1. The number of aromatic nitrogens is 1. The molecule has 1 fully saturated rings. The number of fused-ring (bicyclic) bond motifs is 1. The standard InChI is InChI=1S/C22H25NO4/c1-23-13-15(16-9-5-6-10-17(16)23)12-18(24)20-21(25)19(27-22(20)26)11-14-7-3-2-4-8-14/h5-6,9-10,13-14,19,25H,2-4,7-8,11-12H2,1H3. The molecule has 0 saturated heterocycles. The molecule has 1 aromatic heterocycles. The minimum Gasteiger partial charge on any atom is -0.507 e. The second kappa shape index (κ2) is 7.22. The molecule has 2 aromatic rings. The second-order valence-corrected chi connectivity index (χ2v) is 7.78. The molecular formula is C22H25NO4. The summed E-state index contributed by atoms with van der Waals surface area (Å²) in [5.41, 5.74) is 1.72. The Hall–Kier alpha value is -2.56. The topological polar surface area (TPSA) is 68.5 Å². The minimum atomic E-state index is -0.682. The number of cyclic esters (lactones) is 1. The lowest BCUT2D eigenvalue weighted by Gasteiger charge is -2.23. The van der Waals surface area contributed by atoms with Gasteiger partial charge in [-0.05, 0) is 24.0 Å². The van der Waals surface area contributed by atoms with E-state index in [4.69, 9.17) is 4.74 Å². The van der Waals surface area contributed by atoms with Crippen LogP contribution in [0.5, 0.6) is 0 Å². The molecule has 5 nitrogen and oxygen atoms in total. The number of Topliss-reactive ketones (excluding diaryl/α,β-unsaturated/α-hetero) is 1. The first-order valence-corrected chi connectivity index (χ1v) is 9.75. The van der Waals surface area contributed by atoms with E-state index in [2.05, 4.69) is 0 Å². The number of nitrogens with zero attached hydrogens (tertiary/aromatic N) is 1. The molecule has 4 rings (SSSR count). The van der Waals surface area contributed by atoms with E-state index in [0.29, 0.717) is 12.3 Å². The van der Waals surface area contributed by atoms with Gasteiger partial charge in [0, 0.05) is 30.6 Å². The number of aryl methyl sites for hydroxylation is 1. The Bertz CT molecular complexity index is 918. The van der Waals surface area contributed by atoms with E-state index in [1.807, 2.05) is 42.1 Å². The lowest BCUT2D eigenvalue weighted by molar-refractivity contribution is -0.141. The molecule has 1 unspecified atom stereocenters. The molecular weight excluding hydrogens is 342 g/mol. The van der Waals surface area contributed by atoms with E-state index >= 15 is 0 Å². The Kier molecular flexibility index (Phi) is 4.77. The summed E-state index contributed by atoms with van der Waals surface area (Å²) in [5.74, 6) is -0.777. The number of ether oxygens (including phenoxy) is 1. The van der Waals surface area contributed by atoms with Gasteiger partial charge >= 0.3 is 5.97 Å². The van der Waals surface area contributed by atoms with Crippen molar-refractivity contribution < 1.29 is 19.4 Å². The highest BCUT2D eigenvalue weighted by atomic mass is 16.6. The molecule has 1 saturated carbocycles. The van der Waals surface area contributed by atoms with Crippen LogP contribution in [0.15, 0.2) is 41.8 Å². The van der Waals surface area contributed by atoms with Crippen molar-refractivity contribution in [2.75, 3.05) is 0 Å². The molecule has 0 spiro atoms. The summed E-state index contributed by atoms with van der Waals surface area (Å²) in [4.78, 5) is 25.1. The third-order valence-corrected chi connectivity index (χ3v) is 5.90. The maximum absolute atomic E-state index is 12.8. The maximum atomic E-state index is 12.8. The van der Waals surface area contributed by atoms with Gasteiger partial charge in [0.25, 0.3) is 0 Å². The molecule has 0 bridgehead atoms. The summed E-state index contributed by atoms with van der Waals surface area (Å²) in [5, 5.41) is 11.5. The van der Waals surface area contributed by atoms with Crippen molar-refractivity contribution in [2.24, 2.45) is 13.0 Å². The molecule has 0 amide bonds. The predicted molar refractivity (Wildman–Crippen MR) is 102 cm³/mol. The number of hydrogen-bond donors (Lipinski definition) is 1. The van der Waals surface area contributed by atoms with Crippen LogP contribution in [0, 0.1) is 5.92 Å². The lowest BCUT2D eigenvalue weighted by atomic mass is 9.85. The SMILES string of the molecule is Cn1cc(CC(=O)C2=C(O)C(CC3CCCCC3)OC2=O)c2ccccc21. The zero-order valence-electron chi connectivity index (χ0n) is 15.6. The molecule has 1 aliphatic carbocycles. The first-order chi connectivity index (χ1) is 13.0. The summed E-state index contributed by atoms with van der Waals surface area (Å²) in [6.07, 6.45) is 7.74. The number of carbonyl (C=O) groups excluding carboxylic acids is 2. The highest BCUT2D eigenvalue weighted by Crippen LogP contribution is 2.33. The van der Waals surface area contributed by atoms with Gasteiger partial charge < -0.3 is 14.4 Å². The first kappa shape index (κ1) is 17.8. The molecule has 0 radical (unpaired) electrons. The first-order valence-electron chi connectivity index (χ1n) is 9.75. The van der Waals surface area contributed by atoms with Crippen LogP contribution < -0.4 is 0 Å². The van der Waals surface area contributed by atoms with Crippen LogP contribution in [0.25, 0.3) is 10.9 Å². The number of hydrogen-bond acceptors (Lipinski definition) is 4. The van der Waals surface area contributed by atoms with Crippen LogP contribution >= 0.6 is 0 Å². The molecule has 1 atom stereocenters. The fourth-order valence-electron chi connectivity index (χ4n) is 4.48. The van der Waals surface area contributed by atoms with Crippen molar-refractivity contribution in [3.63, 3.8) is 0 Å². The average Bonchev–Trinajstić information content (AvgIpc) is 3.12. The van der Waals surface area contributed by atoms with Crippen LogP contribution in [-0.2, 0) is 27.8 Å². The van der Waals surface area contributed by atoms with Gasteiger partial charge in [0.05, 0.1) is 0 Å². The van der Waals surface area contributed by atoms with Crippen LogP contribution in [-0.4, -0.2) is 27.5 Å². The Morgan fingerprint density at radius 1 is 1.22 bits per heavy atom. The van der Waals surface area contributed by atoms with Crippen molar-refractivity contribution in [3.8, 4) is 0 Å². The van der Waals surface area contributed by atoms with Gasteiger partial charge in [0.2, 0.25) is 0 Å². The van der Waals surface area contributed by atoms with Crippen molar-refractivity contribution in [1.82, 2.24) is 4.57 Å². The monoisotopic (exact) mass is 367 g/mol. The molecule has 5 heteroatoms. The van der Waals surface area contributed by atoms with Crippen LogP contribution in [0.4, 0.5) is 0 Å². The number of para-hydroxylation sites is 1. The second-order valence-electron chi connectivity index (χ2n) is 7.78. The summed E-state index contributed by atoms with van der Waals surface area (Å²) < 4.78 is 7.31. The van der Waals surface area contributed by atoms with E-state index < -0.39 is 12.1 Å². The normalized spacial score (nSPS) is 21.1. The van der Waals surface area contributed by atoms with E-state index in [9.17, 15) is 14.7 Å². The van der Waals surface area contributed by atoms with E-state index in [-0.39, 0.29) is 23.5 Å². The summed E-state index contributed by atoms with van der Waals surface area (Å²) in [7, 11) is 1.93. The van der Waals surface area contributed by atoms with Crippen molar-refractivity contribution in [3.05, 3.63) is 47.4 Å². The van der Waals surface area contributed by atoms with Crippen LogP contribution in [0.2, 0.25) is 0 Å². The zero-order valence-corrected chi connectivity index (χ0v) is 15.6. The molecule has 1 aliphatic heterocycles. The molecule has 2 heterocycles. The molecule has 27 heavy (non-hydrogen) atoms. The fraction of sp³-hybridized carbons (Fsp3) is 0.455. The number of aliphatic hydroxyl groups is 1. The average molecular weight is 367 g/mol. The Balaban J connectivity index is 1.53. The minimum absolute atomic E-state index is 0.0754. The van der Waals surface area contributed by atoms with Crippen molar-refractivity contribution in [1.29, 1.82) is 0 Å². The van der Waals surface area contributed by atoms with Crippen LogP contribution in [0.1, 0.15) is 44.1 Å². The molecule has 1 aromatic carbocycles. The van der Waals surface area contributed by atoms with Gasteiger partial charge in [0.1, 0.15) is 5.57 Å². The Morgan fingerprint density at radius 3 is 2.74 bits per heavy atom. The number of ketones is 1. The third-order valence-electron chi connectivity index (χ3n) is 5.90. The fourth-order valence-corrected chi connectivity index (χ4v) is 4.48. The van der Waals surface area contributed by atoms with E-state index in [1.165, 1.54) is 19.3 Å². The lowest BCUT2D eigenvalue weighted by Crippen LogP contribution is -2.18. The molecule has 142 valence electrons. The quantitative estimate of drug-likeness (QED) is 0.641. The van der Waals surface area contributed by atoms with Gasteiger partial charge in [-0.1, -0.05) is 50.3 Å². The number of carbonyl (C=O) groups is 2. The number of rotatable bonds is 5. The largest absolute Gasteiger partial charge is 0.507 e. The highest BCUT2D eigenvalue weighted by molar-refractivity contribution is 6.20.